The van der Waals surface area contributed by atoms with Crippen molar-refractivity contribution in [2.45, 2.75) is 13.3 Å². The first kappa shape index (κ1) is 18.2. The van der Waals surface area contributed by atoms with Gasteiger partial charge in [-0.25, -0.2) is 10.4 Å². The van der Waals surface area contributed by atoms with Gasteiger partial charge in [0.15, 0.2) is 0 Å². The van der Waals surface area contributed by atoms with Gasteiger partial charge in [0.1, 0.15) is 5.82 Å². The lowest BCUT2D eigenvalue weighted by atomic mass is 10.3. The summed E-state index contributed by atoms with van der Waals surface area (Å²) in [6, 6.07) is 4.90. The normalized spacial score (nSPS) is 10.8. The fraction of sp³-hybridized carbons (Fsp3) is 0.357. The number of pyridine rings is 1. The molecule has 1 heterocycles. The maximum absolute atomic E-state index is 11.6. The van der Waals surface area contributed by atoms with Gasteiger partial charge in [0.25, 0.3) is 0 Å². The molecule has 0 atom stereocenters. The Kier molecular flexibility index (Phi) is 7.94. The Morgan fingerprint density at radius 2 is 2.04 bits per heavy atom. The van der Waals surface area contributed by atoms with Crippen molar-refractivity contribution in [1.82, 2.24) is 15.7 Å². The molecule has 3 N–H and O–H groups in total. The predicted molar refractivity (Wildman–Crippen MR) is 83.6 cm³/mol. The quantitative estimate of drug-likeness (QED) is 0.275. The van der Waals surface area contributed by atoms with Gasteiger partial charge < -0.3 is 15.4 Å². The number of carbonyl (C=O) groups is 3. The number of nitrogens with zero attached hydrogens (tertiary/aromatic N) is 2. The lowest BCUT2D eigenvalue weighted by Crippen LogP contribution is -2.34. The van der Waals surface area contributed by atoms with Crippen molar-refractivity contribution in [3.63, 3.8) is 0 Å². The lowest BCUT2D eigenvalue weighted by molar-refractivity contribution is -0.136. The maximum atomic E-state index is 11.6. The van der Waals surface area contributed by atoms with E-state index in [1.54, 1.807) is 25.1 Å². The highest BCUT2D eigenvalue weighted by atomic mass is 16.5. The van der Waals surface area contributed by atoms with Crippen LogP contribution in [0, 0.1) is 0 Å². The Hall–Kier alpha value is -2.81. The zero-order chi connectivity index (χ0) is 17.1. The minimum absolute atomic E-state index is 0.00581. The fourth-order valence-corrected chi connectivity index (χ4v) is 1.43. The van der Waals surface area contributed by atoms with E-state index in [0.717, 1.165) is 0 Å². The topological polar surface area (TPSA) is 122 Å². The van der Waals surface area contributed by atoms with Crippen molar-refractivity contribution in [3.8, 4) is 0 Å². The molecule has 1 aromatic rings. The molecule has 0 bridgehead atoms. The molecule has 0 aliphatic carbocycles. The third-order valence-electron chi connectivity index (χ3n) is 2.51. The van der Waals surface area contributed by atoms with E-state index in [-0.39, 0.29) is 18.1 Å². The van der Waals surface area contributed by atoms with Crippen LogP contribution in [0.25, 0.3) is 0 Å². The van der Waals surface area contributed by atoms with E-state index in [2.05, 4.69) is 26.1 Å². The van der Waals surface area contributed by atoms with Crippen LogP contribution in [0.15, 0.2) is 29.5 Å². The molecule has 0 fully saturated rings. The maximum Gasteiger partial charge on any atom is 0.329 e. The Bertz CT molecular complexity index is 574. The summed E-state index contributed by atoms with van der Waals surface area (Å²) in [4.78, 5) is 38.5. The van der Waals surface area contributed by atoms with E-state index < -0.39 is 11.8 Å². The van der Waals surface area contributed by atoms with Crippen molar-refractivity contribution >= 4 is 29.3 Å². The molecule has 0 spiro atoms. The Balaban J connectivity index is 2.38. The first-order valence-electron chi connectivity index (χ1n) is 6.84. The van der Waals surface area contributed by atoms with Crippen LogP contribution >= 0.6 is 0 Å². The van der Waals surface area contributed by atoms with Crippen LogP contribution in [-0.2, 0) is 19.1 Å². The molecule has 9 nitrogen and oxygen atoms in total. The summed E-state index contributed by atoms with van der Waals surface area (Å²) in [5, 5.41) is 8.63. The number of hydrazone groups is 1. The molecule has 1 rings (SSSR count). The van der Waals surface area contributed by atoms with E-state index in [0.29, 0.717) is 18.9 Å². The first-order chi connectivity index (χ1) is 11.0. The molecule has 0 aliphatic heterocycles. The van der Waals surface area contributed by atoms with Crippen LogP contribution in [0.5, 0.6) is 0 Å². The number of anilines is 1. The van der Waals surface area contributed by atoms with Crippen LogP contribution in [0.3, 0.4) is 0 Å². The summed E-state index contributed by atoms with van der Waals surface area (Å²) in [5.74, 6) is -1.85. The zero-order valence-corrected chi connectivity index (χ0v) is 13.0. The lowest BCUT2D eigenvalue weighted by Gasteiger charge is -2.05. The van der Waals surface area contributed by atoms with Crippen LogP contribution in [0.4, 0.5) is 5.82 Å². The molecule has 9 heteroatoms. The predicted octanol–water partition coefficient (Wildman–Crippen LogP) is -0.335. The minimum Gasteiger partial charge on any atom is -0.383 e. The summed E-state index contributed by atoms with van der Waals surface area (Å²) in [6.07, 6.45) is 1.49. The largest absolute Gasteiger partial charge is 0.383 e. The number of rotatable bonds is 7. The summed E-state index contributed by atoms with van der Waals surface area (Å²) in [6.45, 7) is 2.36. The summed E-state index contributed by atoms with van der Waals surface area (Å²) < 4.78 is 4.80. The molecular formula is C14H19N5O4. The highest BCUT2D eigenvalue weighted by molar-refractivity contribution is 6.39. The number of methoxy groups -OCH3 is 1. The van der Waals surface area contributed by atoms with Gasteiger partial charge in [-0.15, -0.1) is 0 Å². The highest BCUT2D eigenvalue weighted by Crippen LogP contribution is 1.99. The van der Waals surface area contributed by atoms with E-state index in [4.69, 9.17) is 4.74 Å². The fourth-order valence-electron chi connectivity index (χ4n) is 1.43. The van der Waals surface area contributed by atoms with Gasteiger partial charge in [-0.05, 0) is 19.1 Å². The Labute approximate surface area is 133 Å². The van der Waals surface area contributed by atoms with Crippen LogP contribution in [0.1, 0.15) is 13.3 Å². The van der Waals surface area contributed by atoms with Crippen molar-refractivity contribution in [1.29, 1.82) is 0 Å². The second-order valence-electron chi connectivity index (χ2n) is 4.48. The van der Waals surface area contributed by atoms with Gasteiger partial charge in [0, 0.05) is 25.6 Å². The SMILES string of the molecule is COCCNC(=O)C/C(C)=N\NC(=O)C(=O)Nc1ccccn1. The Morgan fingerprint density at radius 1 is 1.26 bits per heavy atom. The molecule has 3 amide bonds. The average Bonchev–Trinajstić information content (AvgIpc) is 2.53. The third-order valence-corrected chi connectivity index (χ3v) is 2.51. The first-order valence-corrected chi connectivity index (χ1v) is 6.84. The number of ether oxygens (including phenoxy) is 1. The van der Waals surface area contributed by atoms with Gasteiger partial charge in [-0.1, -0.05) is 6.07 Å². The molecule has 0 radical (unpaired) electrons. The number of nitrogens with one attached hydrogen (secondary N) is 3. The number of hydrogen-bond acceptors (Lipinski definition) is 6. The second kappa shape index (κ2) is 10.0. The van der Waals surface area contributed by atoms with E-state index in [9.17, 15) is 14.4 Å². The number of aromatic nitrogens is 1. The van der Waals surface area contributed by atoms with Crippen molar-refractivity contribution in [2.24, 2.45) is 5.10 Å². The van der Waals surface area contributed by atoms with E-state index in [1.165, 1.54) is 13.3 Å². The summed E-state index contributed by atoms with van der Waals surface area (Å²) in [5.41, 5.74) is 2.44. The molecular weight excluding hydrogens is 302 g/mol. The van der Waals surface area contributed by atoms with Gasteiger partial charge in [0.05, 0.1) is 13.0 Å². The Morgan fingerprint density at radius 3 is 2.70 bits per heavy atom. The third kappa shape index (κ3) is 7.67. The van der Waals surface area contributed by atoms with Gasteiger partial charge in [-0.3, -0.25) is 14.4 Å². The van der Waals surface area contributed by atoms with Crippen LogP contribution < -0.4 is 16.1 Å². The molecule has 0 saturated carbocycles. The molecule has 0 aliphatic rings. The van der Waals surface area contributed by atoms with Crippen LogP contribution in [-0.4, -0.2) is 48.7 Å². The smallest absolute Gasteiger partial charge is 0.329 e. The minimum atomic E-state index is -0.949. The molecule has 0 saturated heterocycles. The molecule has 1 aromatic heterocycles. The molecule has 0 aromatic carbocycles. The average molecular weight is 321 g/mol. The second-order valence-corrected chi connectivity index (χ2v) is 4.48. The van der Waals surface area contributed by atoms with Gasteiger partial charge in [-0.2, -0.15) is 5.10 Å². The number of carbonyl (C=O) groups excluding carboxylic acids is 3. The number of amides is 3. The summed E-state index contributed by atoms with van der Waals surface area (Å²) in [7, 11) is 1.53. The number of hydrogen-bond donors (Lipinski definition) is 3. The van der Waals surface area contributed by atoms with Crippen molar-refractivity contribution < 1.29 is 19.1 Å². The van der Waals surface area contributed by atoms with E-state index >= 15 is 0 Å². The van der Waals surface area contributed by atoms with Gasteiger partial charge >= 0.3 is 11.8 Å². The van der Waals surface area contributed by atoms with Crippen molar-refractivity contribution in [3.05, 3.63) is 24.4 Å². The van der Waals surface area contributed by atoms with Crippen molar-refractivity contribution in [2.75, 3.05) is 25.6 Å². The molecule has 124 valence electrons. The summed E-state index contributed by atoms with van der Waals surface area (Å²) >= 11 is 0. The van der Waals surface area contributed by atoms with Crippen LogP contribution in [0.2, 0.25) is 0 Å². The highest BCUT2D eigenvalue weighted by Gasteiger charge is 2.13. The van der Waals surface area contributed by atoms with E-state index in [1.807, 2.05) is 0 Å². The molecule has 23 heavy (non-hydrogen) atoms. The standard InChI is InChI=1S/C14H19N5O4/c1-10(9-12(20)16-7-8-23-2)18-19-14(22)13(21)17-11-5-3-4-6-15-11/h3-6H,7-9H2,1-2H3,(H,16,20)(H,19,22)(H,15,17,21)/b18-10-. The van der Waals surface area contributed by atoms with Gasteiger partial charge in [0.2, 0.25) is 5.91 Å². The zero-order valence-electron chi connectivity index (χ0n) is 13.0. The molecule has 0 unspecified atom stereocenters. The monoisotopic (exact) mass is 321 g/mol.